The van der Waals surface area contributed by atoms with Crippen molar-refractivity contribution in [3.05, 3.63) is 29.3 Å². The fraction of sp³-hybridized carbons (Fsp3) is 0.400. The number of nitrogen functional groups attached to an aromatic ring is 1. The third kappa shape index (κ3) is 3.21. The summed E-state index contributed by atoms with van der Waals surface area (Å²) in [5.74, 6) is -0.968. The van der Waals surface area contributed by atoms with E-state index in [0.29, 0.717) is 29.7 Å². The molecule has 0 saturated carbocycles. The summed E-state index contributed by atoms with van der Waals surface area (Å²) >= 11 is 0. The molecule has 0 aliphatic carbocycles. The van der Waals surface area contributed by atoms with Gasteiger partial charge in [0.25, 0.3) is 0 Å². The summed E-state index contributed by atoms with van der Waals surface area (Å²) in [7, 11) is 0. The van der Waals surface area contributed by atoms with Gasteiger partial charge in [-0.3, -0.25) is 19.3 Å². The van der Waals surface area contributed by atoms with Crippen LogP contribution in [0, 0.1) is 5.41 Å². The van der Waals surface area contributed by atoms with Gasteiger partial charge in [-0.1, -0.05) is 19.9 Å². The molecule has 0 spiro atoms. The van der Waals surface area contributed by atoms with E-state index < -0.39 is 5.91 Å². The van der Waals surface area contributed by atoms with E-state index in [1.807, 2.05) is 13.8 Å². The number of primary amides is 1. The minimum atomic E-state index is -0.569. The lowest BCUT2D eigenvalue weighted by molar-refractivity contribution is -0.153. The topological polar surface area (TPSA) is 106 Å². The molecule has 0 unspecified atom stereocenters. The third-order valence-corrected chi connectivity index (χ3v) is 3.62. The number of carbonyl (C=O) groups is 3. The summed E-state index contributed by atoms with van der Waals surface area (Å²) in [6.45, 7) is 3.92. The number of imide groups is 1. The lowest BCUT2D eigenvalue weighted by Crippen LogP contribution is -2.45. The molecule has 1 aliphatic heterocycles. The van der Waals surface area contributed by atoms with Gasteiger partial charge in [0.15, 0.2) is 0 Å². The summed E-state index contributed by atoms with van der Waals surface area (Å²) in [6.07, 6.45) is 0.663. The molecule has 21 heavy (non-hydrogen) atoms. The Labute approximate surface area is 123 Å². The molecule has 0 bridgehead atoms. The number of carbonyl (C=O) groups excluding carboxylic acids is 3. The fourth-order valence-corrected chi connectivity index (χ4v) is 2.45. The molecule has 1 aliphatic rings. The van der Waals surface area contributed by atoms with Gasteiger partial charge in [-0.05, 0) is 23.1 Å². The smallest absolute Gasteiger partial charge is 0.248 e. The first-order valence-corrected chi connectivity index (χ1v) is 6.71. The minimum absolute atomic E-state index is 0.124. The summed E-state index contributed by atoms with van der Waals surface area (Å²) in [5.41, 5.74) is 12.0. The van der Waals surface area contributed by atoms with Crippen molar-refractivity contribution in [2.75, 3.05) is 5.73 Å². The van der Waals surface area contributed by atoms with E-state index in [4.69, 9.17) is 11.5 Å². The van der Waals surface area contributed by atoms with Crippen molar-refractivity contribution >= 4 is 23.4 Å². The average Bonchev–Trinajstić information content (AvgIpc) is 2.33. The first-order valence-electron chi connectivity index (χ1n) is 6.71. The van der Waals surface area contributed by atoms with Crippen LogP contribution in [0.5, 0.6) is 0 Å². The van der Waals surface area contributed by atoms with Crippen molar-refractivity contribution in [1.82, 2.24) is 4.90 Å². The molecule has 1 heterocycles. The summed E-state index contributed by atoms with van der Waals surface area (Å²) in [6, 6.07) is 4.62. The SMILES string of the molecule is CC1(C)CC(=O)N(Cc2ccc(C(N)=O)cc2N)C(=O)C1. The highest BCUT2D eigenvalue weighted by atomic mass is 16.2. The maximum absolute atomic E-state index is 12.1. The van der Waals surface area contributed by atoms with Gasteiger partial charge in [0.1, 0.15) is 0 Å². The molecule has 2 rings (SSSR count). The molecular formula is C15H19N3O3. The number of rotatable bonds is 3. The number of hydrogen-bond donors (Lipinski definition) is 2. The Bertz CT molecular complexity index is 603. The number of nitrogens with zero attached hydrogens (tertiary/aromatic N) is 1. The van der Waals surface area contributed by atoms with Crippen LogP contribution in [0.2, 0.25) is 0 Å². The van der Waals surface area contributed by atoms with Crippen molar-refractivity contribution in [3.63, 3.8) is 0 Å². The molecule has 1 aromatic rings. The van der Waals surface area contributed by atoms with Gasteiger partial charge in [0.05, 0.1) is 6.54 Å². The van der Waals surface area contributed by atoms with Crippen LogP contribution in [-0.4, -0.2) is 22.6 Å². The van der Waals surface area contributed by atoms with Crippen LogP contribution in [-0.2, 0) is 16.1 Å². The van der Waals surface area contributed by atoms with E-state index in [1.165, 1.54) is 17.0 Å². The Morgan fingerprint density at radius 1 is 1.24 bits per heavy atom. The number of piperidine rings is 1. The van der Waals surface area contributed by atoms with E-state index in [0.717, 1.165) is 0 Å². The first kappa shape index (κ1) is 15.0. The predicted octanol–water partition coefficient (Wildman–Crippen LogP) is 1.04. The summed E-state index contributed by atoms with van der Waals surface area (Å²) < 4.78 is 0. The molecule has 0 atom stereocenters. The van der Waals surface area contributed by atoms with E-state index >= 15 is 0 Å². The van der Waals surface area contributed by atoms with Gasteiger partial charge < -0.3 is 11.5 Å². The van der Waals surface area contributed by atoms with Crippen LogP contribution in [0.25, 0.3) is 0 Å². The fourth-order valence-electron chi connectivity index (χ4n) is 2.45. The third-order valence-electron chi connectivity index (χ3n) is 3.62. The number of likely N-dealkylation sites (tertiary alicyclic amines) is 1. The maximum Gasteiger partial charge on any atom is 0.248 e. The quantitative estimate of drug-likeness (QED) is 0.640. The molecule has 1 fully saturated rings. The zero-order chi connectivity index (χ0) is 15.8. The number of benzene rings is 1. The highest BCUT2D eigenvalue weighted by Gasteiger charge is 2.37. The molecule has 6 heteroatoms. The normalized spacial score (nSPS) is 17.9. The van der Waals surface area contributed by atoms with Crippen molar-refractivity contribution in [2.45, 2.75) is 33.2 Å². The number of amides is 3. The van der Waals surface area contributed by atoms with Gasteiger partial charge in [0, 0.05) is 24.1 Å². The molecule has 1 saturated heterocycles. The number of hydrogen-bond acceptors (Lipinski definition) is 4. The minimum Gasteiger partial charge on any atom is -0.398 e. The van der Waals surface area contributed by atoms with Crippen LogP contribution in [0.3, 0.4) is 0 Å². The van der Waals surface area contributed by atoms with Crippen molar-refractivity contribution in [1.29, 1.82) is 0 Å². The van der Waals surface area contributed by atoms with Crippen LogP contribution in [0.4, 0.5) is 5.69 Å². The molecule has 1 aromatic carbocycles. The molecule has 3 amide bonds. The Morgan fingerprint density at radius 3 is 2.29 bits per heavy atom. The van der Waals surface area contributed by atoms with E-state index in [1.54, 1.807) is 6.07 Å². The standard InChI is InChI=1S/C15H19N3O3/c1-15(2)6-12(19)18(13(20)7-15)8-10-4-3-9(14(17)21)5-11(10)16/h3-5H,6-8,16H2,1-2H3,(H2,17,21). The van der Waals surface area contributed by atoms with E-state index in [-0.39, 0.29) is 23.8 Å². The zero-order valence-corrected chi connectivity index (χ0v) is 12.2. The van der Waals surface area contributed by atoms with Gasteiger partial charge in [0.2, 0.25) is 17.7 Å². The van der Waals surface area contributed by atoms with Gasteiger partial charge in [-0.15, -0.1) is 0 Å². The second-order valence-electron chi connectivity index (χ2n) is 6.17. The van der Waals surface area contributed by atoms with Crippen LogP contribution < -0.4 is 11.5 Å². The molecular weight excluding hydrogens is 270 g/mol. The van der Waals surface area contributed by atoms with E-state index in [9.17, 15) is 14.4 Å². The van der Waals surface area contributed by atoms with Gasteiger partial charge in [-0.2, -0.15) is 0 Å². The van der Waals surface area contributed by atoms with Crippen LogP contribution in [0.1, 0.15) is 42.6 Å². The lowest BCUT2D eigenvalue weighted by Gasteiger charge is -2.34. The van der Waals surface area contributed by atoms with Crippen molar-refractivity contribution < 1.29 is 14.4 Å². The highest BCUT2D eigenvalue weighted by molar-refractivity contribution is 5.98. The summed E-state index contributed by atoms with van der Waals surface area (Å²) in [5, 5.41) is 0. The number of anilines is 1. The first-order chi connectivity index (χ1) is 9.69. The maximum atomic E-state index is 12.1. The van der Waals surface area contributed by atoms with Gasteiger partial charge in [-0.25, -0.2) is 0 Å². The Morgan fingerprint density at radius 2 is 1.81 bits per heavy atom. The van der Waals surface area contributed by atoms with E-state index in [2.05, 4.69) is 0 Å². The Hall–Kier alpha value is -2.37. The molecule has 4 N–H and O–H groups in total. The highest BCUT2D eigenvalue weighted by Crippen LogP contribution is 2.32. The van der Waals surface area contributed by atoms with Crippen molar-refractivity contribution in [3.8, 4) is 0 Å². The Kier molecular flexibility index (Phi) is 3.72. The molecule has 0 radical (unpaired) electrons. The molecule has 6 nitrogen and oxygen atoms in total. The molecule has 0 aromatic heterocycles. The summed E-state index contributed by atoms with van der Waals surface area (Å²) in [4.78, 5) is 36.5. The van der Waals surface area contributed by atoms with Crippen LogP contribution >= 0.6 is 0 Å². The molecule has 112 valence electrons. The average molecular weight is 289 g/mol. The monoisotopic (exact) mass is 289 g/mol. The second kappa shape index (κ2) is 5.20. The predicted molar refractivity (Wildman–Crippen MR) is 77.9 cm³/mol. The lowest BCUT2D eigenvalue weighted by atomic mass is 9.81. The largest absolute Gasteiger partial charge is 0.398 e. The number of nitrogens with two attached hydrogens (primary N) is 2. The van der Waals surface area contributed by atoms with Crippen LogP contribution in [0.15, 0.2) is 18.2 Å². The van der Waals surface area contributed by atoms with Gasteiger partial charge >= 0.3 is 0 Å². The second-order valence-corrected chi connectivity index (χ2v) is 6.17. The van der Waals surface area contributed by atoms with Crippen molar-refractivity contribution in [2.24, 2.45) is 11.1 Å². The zero-order valence-electron chi connectivity index (χ0n) is 12.2. The Balaban J connectivity index is 2.20.